The fourth-order valence-corrected chi connectivity index (χ4v) is 4.07. The lowest BCUT2D eigenvalue weighted by Gasteiger charge is -2.28. The Labute approximate surface area is 141 Å². The Bertz CT molecular complexity index is 713. The molecule has 2 aromatic rings. The average molecular weight is 325 g/mol. The monoisotopic (exact) mass is 325 g/mol. The van der Waals surface area contributed by atoms with E-state index in [2.05, 4.69) is 26.1 Å². The Morgan fingerprint density at radius 3 is 2.79 bits per heavy atom. The van der Waals surface area contributed by atoms with Crippen LogP contribution in [0.4, 0.5) is 5.82 Å². The normalized spacial score (nSPS) is 23.9. The Balaban J connectivity index is 1.48. The molecule has 6 heteroatoms. The van der Waals surface area contributed by atoms with Crippen LogP contribution in [0.3, 0.4) is 0 Å². The molecule has 2 fully saturated rings. The topological polar surface area (TPSA) is 65.1 Å². The van der Waals surface area contributed by atoms with Crippen LogP contribution in [0.5, 0.6) is 0 Å². The molecule has 0 radical (unpaired) electrons. The summed E-state index contributed by atoms with van der Waals surface area (Å²) in [6.45, 7) is 4.59. The van der Waals surface area contributed by atoms with Gasteiger partial charge in [-0.2, -0.15) is 5.10 Å². The number of aromatic nitrogens is 3. The largest absolute Gasteiger partial charge is 0.353 e. The van der Waals surface area contributed by atoms with Gasteiger partial charge in [-0.25, -0.2) is 4.98 Å². The van der Waals surface area contributed by atoms with Gasteiger partial charge in [0, 0.05) is 37.6 Å². The molecule has 0 unspecified atom stereocenters. The van der Waals surface area contributed by atoms with Crippen molar-refractivity contribution >= 4 is 11.7 Å². The van der Waals surface area contributed by atoms with Gasteiger partial charge >= 0.3 is 0 Å². The molecule has 0 spiro atoms. The number of amides is 1. The quantitative estimate of drug-likeness (QED) is 0.920. The molecule has 0 aromatic carbocycles. The molecule has 2 aliphatic heterocycles. The molecule has 126 valence electrons. The van der Waals surface area contributed by atoms with Gasteiger partial charge in [-0.05, 0) is 50.3 Å². The summed E-state index contributed by atoms with van der Waals surface area (Å²) < 4.78 is 0. The highest BCUT2D eigenvalue weighted by atomic mass is 16.2. The van der Waals surface area contributed by atoms with Gasteiger partial charge in [-0.15, -0.1) is 0 Å². The highest BCUT2D eigenvalue weighted by molar-refractivity contribution is 5.92. The zero-order valence-electron chi connectivity index (χ0n) is 14.0. The van der Waals surface area contributed by atoms with E-state index < -0.39 is 0 Å². The van der Waals surface area contributed by atoms with E-state index >= 15 is 0 Å². The van der Waals surface area contributed by atoms with Crippen LogP contribution in [0.2, 0.25) is 0 Å². The highest BCUT2D eigenvalue weighted by Gasteiger charge is 2.37. The van der Waals surface area contributed by atoms with Crippen molar-refractivity contribution in [2.45, 2.75) is 32.2 Å². The number of hydrogen-bond acceptors (Lipinski definition) is 4. The summed E-state index contributed by atoms with van der Waals surface area (Å²) in [7, 11) is 0. The molecule has 24 heavy (non-hydrogen) atoms. The maximum absolute atomic E-state index is 12.7. The van der Waals surface area contributed by atoms with Crippen molar-refractivity contribution in [2.75, 3.05) is 24.5 Å². The first-order valence-electron chi connectivity index (χ1n) is 8.71. The van der Waals surface area contributed by atoms with Crippen LogP contribution < -0.4 is 4.90 Å². The first-order valence-corrected chi connectivity index (χ1v) is 8.71. The third-order valence-corrected chi connectivity index (χ3v) is 5.31. The van der Waals surface area contributed by atoms with Crippen LogP contribution in [0, 0.1) is 12.8 Å². The van der Waals surface area contributed by atoms with Crippen molar-refractivity contribution in [1.82, 2.24) is 20.1 Å². The van der Waals surface area contributed by atoms with Gasteiger partial charge in [0.1, 0.15) is 11.5 Å². The Kier molecular flexibility index (Phi) is 3.96. The molecular weight excluding hydrogens is 302 g/mol. The van der Waals surface area contributed by atoms with Crippen LogP contribution in [0.1, 0.15) is 35.4 Å². The lowest BCUT2D eigenvalue weighted by Crippen LogP contribution is -2.36. The zero-order chi connectivity index (χ0) is 16.5. The molecule has 1 N–H and O–H groups in total. The summed E-state index contributed by atoms with van der Waals surface area (Å²) in [5.74, 6) is 1.75. The second-order valence-electron chi connectivity index (χ2n) is 6.80. The molecule has 6 nitrogen and oxygen atoms in total. The second-order valence-corrected chi connectivity index (χ2v) is 6.80. The van der Waals surface area contributed by atoms with Crippen LogP contribution in [-0.4, -0.2) is 51.7 Å². The number of fused-ring (bicyclic) bond motifs is 1. The molecule has 0 bridgehead atoms. The molecule has 2 saturated heterocycles. The van der Waals surface area contributed by atoms with E-state index in [0.717, 1.165) is 44.0 Å². The summed E-state index contributed by atoms with van der Waals surface area (Å²) in [4.78, 5) is 21.6. The number of anilines is 1. The van der Waals surface area contributed by atoms with Gasteiger partial charge in [0.25, 0.3) is 5.91 Å². The Hall–Kier alpha value is -2.37. The fourth-order valence-electron chi connectivity index (χ4n) is 4.07. The van der Waals surface area contributed by atoms with Gasteiger partial charge in [-0.3, -0.25) is 9.89 Å². The lowest BCUT2D eigenvalue weighted by atomic mass is 9.96. The van der Waals surface area contributed by atoms with E-state index in [-0.39, 0.29) is 5.91 Å². The zero-order valence-corrected chi connectivity index (χ0v) is 14.0. The first-order chi connectivity index (χ1) is 11.7. The fraction of sp³-hybridized carbons (Fsp3) is 0.500. The van der Waals surface area contributed by atoms with Gasteiger partial charge in [0.15, 0.2) is 0 Å². The van der Waals surface area contributed by atoms with Crippen molar-refractivity contribution in [2.24, 2.45) is 5.92 Å². The third-order valence-electron chi connectivity index (χ3n) is 5.31. The van der Waals surface area contributed by atoms with Crippen LogP contribution in [0.25, 0.3) is 0 Å². The summed E-state index contributed by atoms with van der Waals surface area (Å²) in [6, 6.07) is 8.40. The van der Waals surface area contributed by atoms with Crippen LogP contribution in [-0.2, 0) is 0 Å². The van der Waals surface area contributed by atoms with Crippen molar-refractivity contribution in [1.29, 1.82) is 0 Å². The smallest absolute Gasteiger partial charge is 0.274 e. The predicted molar refractivity (Wildman–Crippen MR) is 91.9 cm³/mol. The molecule has 2 atom stereocenters. The maximum atomic E-state index is 12.7. The lowest BCUT2D eigenvalue weighted by molar-refractivity contribution is 0.0753. The number of carbonyl (C=O) groups is 1. The number of H-pyrrole nitrogens is 1. The number of nitrogens with one attached hydrogen (secondary N) is 1. The van der Waals surface area contributed by atoms with Crippen molar-refractivity contribution in [3.63, 3.8) is 0 Å². The number of rotatable bonds is 2. The highest BCUT2D eigenvalue weighted by Crippen LogP contribution is 2.34. The minimum atomic E-state index is 0.0451. The average Bonchev–Trinajstić information content (AvgIpc) is 3.16. The molecule has 1 amide bonds. The Morgan fingerprint density at radius 1 is 1.21 bits per heavy atom. The Morgan fingerprint density at radius 2 is 2.04 bits per heavy atom. The van der Waals surface area contributed by atoms with Crippen LogP contribution in [0.15, 0.2) is 30.5 Å². The standard InChI is InChI=1S/C18H23N5O/c1-13-12-15(21-20-13)18(24)22-9-5-14-6-11-23(16(14)7-10-22)17-4-2-3-8-19-17/h2-4,8,12,14,16H,5-7,9-11H2,1H3,(H,20,21)/t14-,16-/m1/s1. The number of aryl methyl sites for hydroxylation is 1. The number of carbonyl (C=O) groups excluding carboxylic acids is 1. The van der Waals surface area contributed by atoms with E-state index in [1.165, 1.54) is 6.42 Å². The molecular formula is C18H23N5O. The molecule has 0 saturated carbocycles. The van der Waals surface area contributed by atoms with Gasteiger partial charge in [0.05, 0.1) is 0 Å². The minimum absolute atomic E-state index is 0.0451. The van der Waals surface area contributed by atoms with E-state index in [4.69, 9.17) is 0 Å². The number of nitrogens with zero attached hydrogens (tertiary/aromatic N) is 4. The van der Waals surface area contributed by atoms with Crippen LogP contribution >= 0.6 is 0 Å². The first kappa shape index (κ1) is 15.2. The molecule has 4 heterocycles. The second kappa shape index (κ2) is 6.26. The van der Waals surface area contributed by atoms with E-state index in [9.17, 15) is 4.79 Å². The number of aromatic amines is 1. The van der Waals surface area contributed by atoms with Crippen molar-refractivity contribution in [3.8, 4) is 0 Å². The maximum Gasteiger partial charge on any atom is 0.274 e. The van der Waals surface area contributed by atoms with E-state index in [1.54, 1.807) is 0 Å². The number of pyridine rings is 1. The summed E-state index contributed by atoms with van der Waals surface area (Å²) in [5, 5.41) is 6.98. The van der Waals surface area contributed by atoms with E-state index in [1.807, 2.05) is 36.2 Å². The predicted octanol–water partition coefficient (Wildman–Crippen LogP) is 2.24. The van der Waals surface area contributed by atoms with Crippen molar-refractivity contribution < 1.29 is 4.79 Å². The molecule has 2 aliphatic rings. The van der Waals surface area contributed by atoms with Gasteiger partial charge < -0.3 is 9.80 Å². The van der Waals surface area contributed by atoms with Crippen molar-refractivity contribution in [3.05, 3.63) is 41.9 Å². The summed E-state index contributed by atoms with van der Waals surface area (Å²) in [5.41, 5.74) is 1.45. The summed E-state index contributed by atoms with van der Waals surface area (Å²) >= 11 is 0. The number of likely N-dealkylation sites (tertiary alicyclic amines) is 1. The summed E-state index contributed by atoms with van der Waals surface area (Å²) in [6.07, 6.45) is 5.10. The minimum Gasteiger partial charge on any atom is -0.353 e. The van der Waals surface area contributed by atoms with Gasteiger partial charge in [0.2, 0.25) is 0 Å². The molecule has 2 aromatic heterocycles. The van der Waals surface area contributed by atoms with Gasteiger partial charge in [-0.1, -0.05) is 6.07 Å². The number of hydrogen-bond donors (Lipinski definition) is 1. The third kappa shape index (κ3) is 2.77. The molecule has 0 aliphatic carbocycles. The SMILES string of the molecule is Cc1cc(C(=O)N2CC[C@@H]3CCN(c4ccccn4)[C@@H]3CC2)n[nH]1. The molecule has 4 rings (SSSR count). The van der Waals surface area contributed by atoms with E-state index in [0.29, 0.717) is 17.7 Å².